The van der Waals surface area contributed by atoms with Crippen molar-refractivity contribution >= 4 is 0 Å². The van der Waals surface area contributed by atoms with Crippen molar-refractivity contribution in [3.05, 3.63) is 33.1 Å². The molecule has 0 aromatic carbocycles. The Morgan fingerprint density at radius 2 is 2.13 bits per heavy atom. The van der Waals surface area contributed by atoms with Gasteiger partial charge in [0, 0.05) is 25.9 Å². The molecule has 0 aliphatic rings. The summed E-state index contributed by atoms with van der Waals surface area (Å²) in [4.78, 5) is 22.8. The van der Waals surface area contributed by atoms with E-state index in [0.29, 0.717) is 19.8 Å². The number of nitrogens with zero attached hydrogens (tertiary/aromatic N) is 2. The van der Waals surface area contributed by atoms with Crippen LogP contribution in [0.25, 0.3) is 0 Å². The highest BCUT2D eigenvalue weighted by molar-refractivity contribution is 4.85. The average Bonchev–Trinajstić information content (AvgIpc) is 2.23. The van der Waals surface area contributed by atoms with Gasteiger partial charge in [-0.2, -0.15) is 0 Å². The minimum Gasteiger partial charge on any atom is -0.378 e. The number of rotatable bonds is 5. The van der Waals surface area contributed by atoms with E-state index < -0.39 is 0 Å². The quantitative estimate of drug-likeness (QED) is 0.605. The van der Waals surface area contributed by atoms with Crippen LogP contribution in [0.5, 0.6) is 0 Å². The molecule has 0 amide bonds. The van der Waals surface area contributed by atoms with Gasteiger partial charge in [0.2, 0.25) is 0 Å². The van der Waals surface area contributed by atoms with E-state index in [1.54, 1.807) is 7.05 Å². The maximum atomic E-state index is 11.5. The van der Waals surface area contributed by atoms with Gasteiger partial charge in [-0.25, -0.2) is 4.79 Å². The summed E-state index contributed by atoms with van der Waals surface area (Å²) in [5.74, 6) is 0. The van der Waals surface area contributed by atoms with Crippen LogP contribution < -0.4 is 17.0 Å². The van der Waals surface area contributed by atoms with Crippen LogP contribution in [-0.4, -0.2) is 28.9 Å². The number of aromatic nitrogens is 2. The van der Waals surface area contributed by atoms with Gasteiger partial charge in [0.1, 0.15) is 0 Å². The number of nitrogens with two attached hydrogens (primary N) is 1. The molecule has 0 atom stereocenters. The summed E-state index contributed by atoms with van der Waals surface area (Å²) in [5.41, 5.74) is 4.59. The minimum absolute atomic E-state index is 0.256. The van der Waals surface area contributed by atoms with Gasteiger partial charge in [0.25, 0.3) is 5.56 Å². The molecule has 0 saturated heterocycles. The van der Waals surface area contributed by atoms with Crippen LogP contribution in [-0.2, 0) is 18.3 Å². The van der Waals surface area contributed by atoms with Crippen molar-refractivity contribution in [2.24, 2.45) is 12.8 Å². The monoisotopic (exact) mass is 213 g/mol. The molecular weight excluding hydrogens is 198 g/mol. The van der Waals surface area contributed by atoms with Crippen molar-refractivity contribution in [3.8, 4) is 0 Å². The Morgan fingerprint density at radius 3 is 2.80 bits per heavy atom. The van der Waals surface area contributed by atoms with Crippen molar-refractivity contribution < 1.29 is 4.74 Å². The maximum Gasteiger partial charge on any atom is 0.330 e. The molecule has 15 heavy (non-hydrogen) atoms. The Kier molecular flexibility index (Phi) is 4.26. The molecule has 0 spiro atoms. The Balaban J connectivity index is 2.72. The molecule has 0 radical (unpaired) electrons. The molecule has 1 aromatic rings. The lowest BCUT2D eigenvalue weighted by molar-refractivity contribution is 0.131. The molecule has 1 aromatic heterocycles. The summed E-state index contributed by atoms with van der Waals surface area (Å²) in [6.45, 7) is 1.44. The lowest BCUT2D eigenvalue weighted by Gasteiger charge is -2.06. The molecule has 0 aliphatic carbocycles. The van der Waals surface area contributed by atoms with Gasteiger partial charge in [-0.05, 0) is 0 Å². The Hall–Kier alpha value is -1.40. The van der Waals surface area contributed by atoms with E-state index in [2.05, 4.69) is 0 Å². The first-order valence-electron chi connectivity index (χ1n) is 4.71. The van der Waals surface area contributed by atoms with E-state index in [0.717, 1.165) is 4.57 Å². The lowest BCUT2D eigenvalue weighted by atomic mass is 10.5. The molecule has 0 aliphatic heterocycles. The van der Waals surface area contributed by atoms with Gasteiger partial charge in [-0.1, -0.05) is 0 Å². The van der Waals surface area contributed by atoms with E-state index in [4.69, 9.17) is 10.5 Å². The summed E-state index contributed by atoms with van der Waals surface area (Å²) < 4.78 is 7.59. The predicted molar refractivity (Wildman–Crippen MR) is 55.8 cm³/mol. The fourth-order valence-electron chi connectivity index (χ4n) is 1.16. The third-order valence-electron chi connectivity index (χ3n) is 1.96. The molecular formula is C9H15N3O3. The fraction of sp³-hybridized carbons (Fsp3) is 0.556. The van der Waals surface area contributed by atoms with Crippen LogP contribution in [0.4, 0.5) is 0 Å². The molecule has 1 heterocycles. The SMILES string of the molecule is Cn1ccc(=O)n(CCOCCN)c1=O. The Morgan fingerprint density at radius 1 is 1.40 bits per heavy atom. The van der Waals surface area contributed by atoms with Gasteiger partial charge in [0.05, 0.1) is 19.8 Å². The number of aryl methyl sites for hydroxylation is 1. The zero-order valence-corrected chi connectivity index (χ0v) is 8.68. The molecule has 0 unspecified atom stereocenters. The minimum atomic E-state index is -0.334. The fourth-order valence-corrected chi connectivity index (χ4v) is 1.16. The Bertz CT molecular complexity index is 421. The highest BCUT2D eigenvalue weighted by atomic mass is 16.5. The molecule has 1 rings (SSSR count). The molecule has 6 heteroatoms. The first kappa shape index (κ1) is 11.7. The summed E-state index contributed by atoms with van der Waals surface area (Å²) in [6, 6.07) is 1.35. The van der Waals surface area contributed by atoms with Gasteiger partial charge in [-0.15, -0.1) is 0 Å². The van der Waals surface area contributed by atoms with Crippen molar-refractivity contribution in [3.63, 3.8) is 0 Å². The normalized spacial score (nSPS) is 10.5. The maximum absolute atomic E-state index is 11.5. The van der Waals surface area contributed by atoms with Gasteiger partial charge >= 0.3 is 5.69 Å². The molecule has 84 valence electrons. The van der Waals surface area contributed by atoms with Crippen molar-refractivity contribution in [2.45, 2.75) is 6.54 Å². The van der Waals surface area contributed by atoms with Crippen LogP contribution in [0, 0.1) is 0 Å². The second kappa shape index (κ2) is 5.47. The second-order valence-corrected chi connectivity index (χ2v) is 3.10. The molecule has 6 nitrogen and oxygen atoms in total. The second-order valence-electron chi connectivity index (χ2n) is 3.10. The summed E-state index contributed by atoms with van der Waals surface area (Å²) >= 11 is 0. The van der Waals surface area contributed by atoms with Crippen LogP contribution in [0.3, 0.4) is 0 Å². The molecule has 0 fully saturated rings. The molecule has 0 bridgehead atoms. The van der Waals surface area contributed by atoms with E-state index in [1.165, 1.54) is 16.8 Å². The lowest BCUT2D eigenvalue weighted by Crippen LogP contribution is -2.39. The van der Waals surface area contributed by atoms with Gasteiger partial charge in [-0.3, -0.25) is 9.36 Å². The predicted octanol–water partition coefficient (Wildman–Crippen LogP) is -1.48. The third-order valence-corrected chi connectivity index (χ3v) is 1.96. The largest absolute Gasteiger partial charge is 0.378 e. The van der Waals surface area contributed by atoms with Crippen molar-refractivity contribution in [1.82, 2.24) is 9.13 Å². The van der Waals surface area contributed by atoms with Gasteiger partial charge in [0.15, 0.2) is 0 Å². The highest BCUT2D eigenvalue weighted by Gasteiger charge is 2.01. The van der Waals surface area contributed by atoms with Crippen LogP contribution in [0.15, 0.2) is 21.9 Å². The number of ether oxygens (including phenoxy) is 1. The average molecular weight is 213 g/mol. The molecule has 0 saturated carbocycles. The van der Waals surface area contributed by atoms with Crippen molar-refractivity contribution in [1.29, 1.82) is 0 Å². The number of hydrogen-bond acceptors (Lipinski definition) is 4. The molecule has 2 N–H and O–H groups in total. The standard InChI is InChI=1S/C9H15N3O3/c1-11-4-2-8(13)12(9(11)14)5-7-15-6-3-10/h2,4H,3,5-7,10H2,1H3. The highest BCUT2D eigenvalue weighted by Crippen LogP contribution is 1.78. The summed E-state index contributed by atoms with van der Waals surface area (Å²) in [5, 5.41) is 0. The van der Waals surface area contributed by atoms with Gasteiger partial charge < -0.3 is 15.0 Å². The zero-order chi connectivity index (χ0) is 11.3. The first-order chi connectivity index (χ1) is 7.16. The summed E-state index contributed by atoms with van der Waals surface area (Å²) in [6.07, 6.45) is 1.45. The summed E-state index contributed by atoms with van der Waals surface area (Å²) in [7, 11) is 1.60. The van der Waals surface area contributed by atoms with E-state index >= 15 is 0 Å². The first-order valence-corrected chi connectivity index (χ1v) is 4.71. The Labute approximate surface area is 86.9 Å². The topological polar surface area (TPSA) is 79.2 Å². The van der Waals surface area contributed by atoms with E-state index in [-0.39, 0.29) is 17.8 Å². The zero-order valence-electron chi connectivity index (χ0n) is 8.68. The van der Waals surface area contributed by atoms with Crippen LogP contribution in [0.1, 0.15) is 0 Å². The van der Waals surface area contributed by atoms with Crippen molar-refractivity contribution in [2.75, 3.05) is 19.8 Å². The van der Waals surface area contributed by atoms with Crippen LogP contribution in [0.2, 0.25) is 0 Å². The van der Waals surface area contributed by atoms with E-state index in [1.807, 2.05) is 0 Å². The van der Waals surface area contributed by atoms with Crippen LogP contribution >= 0.6 is 0 Å². The number of hydrogen-bond donors (Lipinski definition) is 1. The third kappa shape index (κ3) is 3.03. The smallest absolute Gasteiger partial charge is 0.330 e. The van der Waals surface area contributed by atoms with E-state index in [9.17, 15) is 9.59 Å².